The van der Waals surface area contributed by atoms with E-state index in [1.807, 2.05) is 42.5 Å². The third-order valence-electron chi connectivity index (χ3n) is 6.27. The fourth-order valence-corrected chi connectivity index (χ4v) is 6.87. The topological polar surface area (TPSA) is 85.5 Å². The third-order valence-corrected chi connectivity index (χ3v) is 8.48. The van der Waals surface area contributed by atoms with Crippen LogP contribution in [0.1, 0.15) is 42.6 Å². The largest absolute Gasteiger partial charge is 0.493 e. The van der Waals surface area contributed by atoms with Crippen LogP contribution in [0.25, 0.3) is 0 Å². The average Bonchev–Trinajstić information content (AvgIpc) is 3.29. The van der Waals surface area contributed by atoms with Gasteiger partial charge in [0.25, 0.3) is 0 Å². The first-order chi connectivity index (χ1) is 17.5. The molecule has 1 aliphatic carbocycles. The number of hydrogen-bond acceptors (Lipinski definition) is 7. The number of fused-ring (bicyclic) bond motifs is 2. The number of rotatable bonds is 5. The fourth-order valence-electron chi connectivity index (χ4n) is 4.60. The molecule has 0 bridgehead atoms. The minimum atomic E-state index is -0.581. The summed E-state index contributed by atoms with van der Waals surface area (Å²) in [6.45, 7) is 0.374. The molecule has 1 N–H and O–H groups in total. The van der Waals surface area contributed by atoms with Gasteiger partial charge in [-0.25, -0.2) is 0 Å². The number of aromatic amines is 1. The number of H-pyrrole nitrogens is 1. The number of thioether (sulfide) groups is 1. The highest BCUT2D eigenvalue weighted by Gasteiger charge is 2.43. The highest BCUT2D eigenvalue weighted by molar-refractivity contribution is 8.04. The van der Waals surface area contributed by atoms with Gasteiger partial charge in [0, 0.05) is 16.7 Å². The number of methoxy groups -OCH3 is 1. The Kier molecular flexibility index (Phi) is 5.62. The van der Waals surface area contributed by atoms with E-state index in [2.05, 4.69) is 4.98 Å². The number of thiazole rings is 1. The van der Waals surface area contributed by atoms with E-state index in [1.165, 1.54) is 0 Å². The van der Waals surface area contributed by atoms with Gasteiger partial charge in [-0.05, 0) is 23.3 Å². The van der Waals surface area contributed by atoms with Crippen LogP contribution in [0.15, 0.2) is 93.1 Å². The second kappa shape index (κ2) is 8.96. The summed E-state index contributed by atoms with van der Waals surface area (Å²) >= 11 is 2.22. The van der Waals surface area contributed by atoms with Crippen molar-refractivity contribution in [1.82, 2.24) is 4.98 Å². The second-order valence-corrected chi connectivity index (χ2v) is 10.4. The summed E-state index contributed by atoms with van der Waals surface area (Å²) in [6, 6.07) is 22.1. The molecule has 0 amide bonds. The van der Waals surface area contributed by atoms with Gasteiger partial charge >= 0.3 is 4.87 Å². The van der Waals surface area contributed by atoms with Crippen molar-refractivity contribution in [2.24, 2.45) is 0 Å². The minimum Gasteiger partial charge on any atom is -0.493 e. The molecule has 0 fully saturated rings. The van der Waals surface area contributed by atoms with Crippen molar-refractivity contribution in [3.8, 4) is 11.5 Å². The van der Waals surface area contributed by atoms with Crippen LogP contribution in [0.4, 0.5) is 0 Å². The van der Waals surface area contributed by atoms with Crippen LogP contribution in [0, 0.1) is 0 Å². The molecule has 0 spiro atoms. The number of nitrogens with one attached hydrogen (secondary N) is 1. The average molecular weight is 514 g/mol. The van der Waals surface area contributed by atoms with Gasteiger partial charge in [0.05, 0.1) is 27.8 Å². The quantitative estimate of drug-likeness (QED) is 0.374. The molecule has 0 saturated carbocycles. The van der Waals surface area contributed by atoms with Crippen LogP contribution in [0.3, 0.4) is 0 Å². The Bertz CT molecular complexity index is 1620. The molecule has 178 valence electrons. The van der Waals surface area contributed by atoms with Crippen LogP contribution in [0.2, 0.25) is 0 Å². The maximum absolute atomic E-state index is 13.7. The van der Waals surface area contributed by atoms with Gasteiger partial charge in [-0.3, -0.25) is 14.4 Å². The lowest BCUT2D eigenvalue weighted by Crippen LogP contribution is -2.27. The summed E-state index contributed by atoms with van der Waals surface area (Å²) in [4.78, 5) is 43.1. The van der Waals surface area contributed by atoms with Gasteiger partial charge in [0.2, 0.25) is 5.78 Å². The molecule has 2 aliphatic rings. The highest BCUT2D eigenvalue weighted by Crippen LogP contribution is 2.52. The number of aromatic nitrogens is 1. The fraction of sp³-hybridized carbons (Fsp3) is 0.107. The molecule has 1 atom stereocenters. The first-order valence-electron chi connectivity index (χ1n) is 11.2. The smallest absolute Gasteiger partial charge is 0.305 e. The van der Waals surface area contributed by atoms with E-state index >= 15 is 0 Å². The predicted octanol–water partition coefficient (Wildman–Crippen LogP) is 5.59. The van der Waals surface area contributed by atoms with E-state index < -0.39 is 5.92 Å². The molecule has 1 aromatic heterocycles. The van der Waals surface area contributed by atoms with E-state index in [9.17, 15) is 14.4 Å². The number of hydrogen-bond donors (Lipinski definition) is 1. The predicted molar refractivity (Wildman–Crippen MR) is 139 cm³/mol. The summed E-state index contributed by atoms with van der Waals surface area (Å²) in [7, 11) is 1.56. The monoisotopic (exact) mass is 513 g/mol. The van der Waals surface area contributed by atoms with E-state index in [1.54, 1.807) is 37.4 Å². The molecule has 0 saturated heterocycles. The van der Waals surface area contributed by atoms with Crippen LogP contribution in [-0.4, -0.2) is 23.7 Å². The van der Waals surface area contributed by atoms with E-state index in [4.69, 9.17) is 9.47 Å². The summed E-state index contributed by atoms with van der Waals surface area (Å²) in [5.41, 5.74) is 2.92. The van der Waals surface area contributed by atoms with Crippen molar-refractivity contribution in [3.63, 3.8) is 0 Å². The lowest BCUT2D eigenvalue weighted by atomic mass is 9.79. The molecular formula is C28H19NO5S2. The second-order valence-electron chi connectivity index (χ2n) is 8.37. The Morgan fingerprint density at radius 3 is 2.33 bits per heavy atom. The number of carbonyl (C=O) groups is 2. The number of Topliss-reactive ketones (excluding diaryl/α,β-unsaturated/α-hetero) is 2. The van der Waals surface area contributed by atoms with Crippen molar-refractivity contribution in [1.29, 1.82) is 0 Å². The van der Waals surface area contributed by atoms with Crippen molar-refractivity contribution in [2.45, 2.75) is 17.6 Å². The van der Waals surface area contributed by atoms with Gasteiger partial charge in [-0.2, -0.15) is 0 Å². The standard InChI is InChI=1S/C28H19NO5S2/c1-33-20-13-16(11-12-19(20)34-14-15-7-3-2-4-8-15)21-22-23(30)17-9-5-6-10-18(17)24(31)25(22)35-27-26(21)36-28(32)29-27/h2-13,21H,14H2,1H3,(H,29,32). The molecule has 2 heterocycles. The number of allylic oxidation sites excluding steroid dienone is 2. The summed E-state index contributed by atoms with van der Waals surface area (Å²) < 4.78 is 11.6. The summed E-state index contributed by atoms with van der Waals surface area (Å²) in [5.74, 6) is 0.0731. The SMILES string of the molecule is COc1cc(C2C3=C(Sc4[nH]c(=O)sc42)C(=O)c2ccccc2C3=O)ccc1OCc1ccccc1. The molecule has 3 aromatic carbocycles. The number of carbonyl (C=O) groups excluding carboxylic acids is 2. The molecule has 0 radical (unpaired) electrons. The molecule has 36 heavy (non-hydrogen) atoms. The van der Waals surface area contributed by atoms with Crippen LogP contribution in [0.5, 0.6) is 11.5 Å². The Morgan fingerprint density at radius 2 is 1.58 bits per heavy atom. The number of benzene rings is 3. The maximum Gasteiger partial charge on any atom is 0.305 e. The maximum atomic E-state index is 13.7. The molecular weight excluding hydrogens is 494 g/mol. The Hall–Kier alpha value is -3.88. The summed E-state index contributed by atoms with van der Waals surface area (Å²) in [6.07, 6.45) is 0. The number of ether oxygens (including phenoxy) is 2. The Morgan fingerprint density at radius 1 is 0.861 bits per heavy atom. The third kappa shape index (κ3) is 3.70. The van der Waals surface area contributed by atoms with Crippen LogP contribution < -0.4 is 14.3 Å². The van der Waals surface area contributed by atoms with Gasteiger partial charge in [0.15, 0.2) is 17.3 Å². The van der Waals surface area contributed by atoms with Crippen molar-refractivity contribution >= 4 is 34.7 Å². The lowest BCUT2D eigenvalue weighted by Gasteiger charge is -2.30. The van der Waals surface area contributed by atoms with Gasteiger partial charge in [-0.1, -0.05) is 83.8 Å². The zero-order valence-electron chi connectivity index (χ0n) is 19.1. The first-order valence-corrected chi connectivity index (χ1v) is 12.9. The van der Waals surface area contributed by atoms with Crippen LogP contribution >= 0.6 is 23.1 Å². The van der Waals surface area contributed by atoms with Crippen molar-refractivity contribution in [3.05, 3.63) is 120 Å². The zero-order valence-corrected chi connectivity index (χ0v) is 20.7. The highest BCUT2D eigenvalue weighted by atomic mass is 32.2. The molecule has 1 aliphatic heterocycles. The lowest BCUT2D eigenvalue weighted by molar-refractivity contribution is 0.0977. The van der Waals surface area contributed by atoms with Crippen molar-refractivity contribution < 1.29 is 19.1 Å². The summed E-state index contributed by atoms with van der Waals surface area (Å²) in [5, 5.41) is 0.595. The van der Waals surface area contributed by atoms with E-state index in [0.29, 0.717) is 49.6 Å². The van der Waals surface area contributed by atoms with Gasteiger partial charge in [0.1, 0.15) is 6.61 Å². The molecule has 6 nitrogen and oxygen atoms in total. The molecule has 6 rings (SSSR count). The van der Waals surface area contributed by atoms with Crippen LogP contribution in [-0.2, 0) is 6.61 Å². The first kappa shape index (κ1) is 22.6. The molecule has 8 heteroatoms. The zero-order chi connectivity index (χ0) is 24.8. The van der Waals surface area contributed by atoms with E-state index in [0.717, 1.165) is 34.2 Å². The Labute approximate surface area is 214 Å². The molecule has 4 aromatic rings. The van der Waals surface area contributed by atoms with E-state index in [-0.39, 0.29) is 16.4 Å². The number of ketones is 2. The normalized spacial score (nSPS) is 16.3. The van der Waals surface area contributed by atoms with Crippen molar-refractivity contribution in [2.75, 3.05) is 7.11 Å². The van der Waals surface area contributed by atoms with Gasteiger partial charge in [-0.15, -0.1) is 0 Å². The molecule has 1 unspecified atom stereocenters. The van der Waals surface area contributed by atoms with Gasteiger partial charge < -0.3 is 14.5 Å². The Balaban J connectivity index is 1.45. The minimum absolute atomic E-state index is 0.201.